The molecule has 0 aliphatic heterocycles. The second kappa shape index (κ2) is 7.13. The van der Waals surface area contributed by atoms with Gasteiger partial charge in [-0.3, -0.25) is 5.09 Å². The summed E-state index contributed by atoms with van der Waals surface area (Å²) in [4.78, 5) is 10.5. The first-order valence-electron chi connectivity index (χ1n) is 2.35. The van der Waals surface area contributed by atoms with E-state index in [9.17, 15) is 9.46 Å². The predicted molar refractivity (Wildman–Crippen MR) is 36.2 cm³/mol. The Morgan fingerprint density at radius 1 is 1.80 bits per heavy atom. The van der Waals surface area contributed by atoms with Gasteiger partial charge in [-0.15, -0.1) is 0 Å². The molecule has 0 aromatic rings. The Labute approximate surface area is 86.3 Å². The Morgan fingerprint density at radius 3 is 2.60 bits per heavy atom. The monoisotopic (exact) mass is 193 g/mol. The van der Waals surface area contributed by atoms with Gasteiger partial charge in [0.25, 0.3) is 0 Å². The smallest absolute Gasteiger partial charge is 0.780 e. The van der Waals surface area contributed by atoms with Crippen molar-refractivity contribution in [3.05, 3.63) is 0 Å². The fourth-order valence-electron chi connectivity index (χ4n) is 0.251. The van der Waals surface area contributed by atoms with Crippen molar-refractivity contribution in [2.75, 3.05) is 19.4 Å². The molecule has 0 aromatic heterocycles. The van der Waals surface area contributed by atoms with Crippen molar-refractivity contribution in [3.63, 3.8) is 0 Å². The van der Waals surface area contributed by atoms with Crippen molar-refractivity contribution in [3.8, 4) is 0 Å². The van der Waals surface area contributed by atoms with Gasteiger partial charge in [0.15, 0.2) is 0 Å². The van der Waals surface area contributed by atoms with Crippen LogP contribution in [0.15, 0.2) is 0 Å². The molecule has 0 amide bonds. The summed E-state index contributed by atoms with van der Waals surface area (Å²) in [6.45, 7) is -3.49. The average molecular weight is 193 g/mol. The number of nitrogens with one attached hydrogen (secondary N) is 1. The normalized spacial score (nSPS) is 15.5. The van der Waals surface area contributed by atoms with Crippen LogP contribution in [0.3, 0.4) is 0 Å². The van der Waals surface area contributed by atoms with E-state index in [0.29, 0.717) is 0 Å². The Kier molecular flexibility index (Phi) is 9.99. The molecule has 0 spiro atoms. The number of hydrogen-bond donors (Lipinski definition) is 2. The van der Waals surface area contributed by atoms with Crippen molar-refractivity contribution < 1.29 is 44.1 Å². The van der Waals surface area contributed by atoms with Gasteiger partial charge < -0.3 is 14.6 Å². The molecule has 1 unspecified atom stereocenters. The van der Waals surface area contributed by atoms with Gasteiger partial charge in [0.1, 0.15) is 6.72 Å². The van der Waals surface area contributed by atoms with Gasteiger partial charge in [-0.25, -0.2) is 0 Å². The number of rotatable bonds is 4. The zero-order valence-corrected chi connectivity index (χ0v) is 9.74. The SMILES string of the molecule is CSP(=O)([O-])NCCO.[Na+]. The number of hydrogen-bond acceptors (Lipinski definition) is 4. The minimum absolute atomic E-state index is 0. The fourth-order valence-corrected chi connectivity index (χ4v) is 1.42. The predicted octanol–water partition coefficient (Wildman–Crippen LogP) is -3.60. The number of aliphatic hydroxyl groups is 1. The van der Waals surface area contributed by atoms with Gasteiger partial charge in [-0.1, -0.05) is 11.4 Å². The van der Waals surface area contributed by atoms with E-state index < -0.39 is 6.72 Å². The topological polar surface area (TPSA) is 72.4 Å². The summed E-state index contributed by atoms with van der Waals surface area (Å²) < 4.78 is 10.5. The quantitative estimate of drug-likeness (QED) is 0.356. The van der Waals surface area contributed by atoms with E-state index >= 15 is 0 Å². The van der Waals surface area contributed by atoms with Crippen LogP contribution in [0.1, 0.15) is 0 Å². The summed E-state index contributed by atoms with van der Waals surface area (Å²) in [5.74, 6) is 0. The Bertz CT molecular complexity index is 124. The van der Waals surface area contributed by atoms with Crippen LogP contribution in [-0.2, 0) is 4.57 Å². The molecule has 0 saturated heterocycles. The van der Waals surface area contributed by atoms with Crippen molar-refractivity contribution in [2.45, 2.75) is 0 Å². The van der Waals surface area contributed by atoms with Gasteiger partial charge in [0.2, 0.25) is 0 Å². The molecule has 0 heterocycles. The summed E-state index contributed by atoms with van der Waals surface area (Å²) in [5.41, 5.74) is 0. The van der Waals surface area contributed by atoms with Crippen LogP contribution in [0, 0.1) is 0 Å². The van der Waals surface area contributed by atoms with E-state index in [1.165, 1.54) is 6.26 Å². The van der Waals surface area contributed by atoms with Gasteiger partial charge >= 0.3 is 29.6 Å². The fraction of sp³-hybridized carbons (Fsp3) is 1.00. The maximum absolute atomic E-state index is 10.5. The second-order valence-electron chi connectivity index (χ2n) is 1.31. The summed E-state index contributed by atoms with van der Waals surface area (Å²) in [5, 5.41) is 10.4. The third-order valence-corrected chi connectivity index (χ3v) is 3.58. The summed E-state index contributed by atoms with van der Waals surface area (Å²) in [7, 11) is 0. The van der Waals surface area contributed by atoms with E-state index in [4.69, 9.17) is 5.11 Å². The van der Waals surface area contributed by atoms with Gasteiger partial charge in [-0.05, 0) is 6.26 Å². The Morgan fingerprint density at radius 2 is 2.30 bits per heavy atom. The van der Waals surface area contributed by atoms with Gasteiger partial charge in [0.05, 0.1) is 6.61 Å². The minimum atomic E-state index is -3.43. The first kappa shape index (κ1) is 14.0. The molecule has 7 heteroatoms. The maximum atomic E-state index is 10.5. The zero-order chi connectivity index (χ0) is 7.33. The Hall–Kier alpha value is 1.46. The van der Waals surface area contributed by atoms with Crippen LogP contribution in [0.2, 0.25) is 0 Å². The number of aliphatic hydroxyl groups excluding tert-OH is 1. The van der Waals surface area contributed by atoms with Crippen molar-refractivity contribution >= 4 is 18.1 Å². The molecule has 4 nitrogen and oxygen atoms in total. The molecule has 0 fully saturated rings. The minimum Gasteiger partial charge on any atom is -0.780 e. The van der Waals surface area contributed by atoms with Crippen molar-refractivity contribution in [1.29, 1.82) is 0 Å². The van der Waals surface area contributed by atoms with Crippen molar-refractivity contribution in [2.24, 2.45) is 0 Å². The molecule has 0 aromatic carbocycles. The van der Waals surface area contributed by atoms with Crippen molar-refractivity contribution in [1.82, 2.24) is 5.09 Å². The molecule has 0 bridgehead atoms. The molecule has 1 atom stereocenters. The first-order valence-corrected chi connectivity index (χ1v) is 5.80. The second-order valence-corrected chi connectivity index (χ2v) is 5.53. The molecule has 56 valence electrons. The van der Waals surface area contributed by atoms with Crippen LogP contribution in [-0.4, -0.2) is 24.5 Å². The van der Waals surface area contributed by atoms with Crippen LogP contribution in [0.25, 0.3) is 0 Å². The molecule has 0 radical (unpaired) electrons. The largest absolute Gasteiger partial charge is 1.00 e. The van der Waals surface area contributed by atoms with Crippen LogP contribution >= 0.6 is 18.1 Å². The summed E-state index contributed by atoms with van der Waals surface area (Å²) in [6.07, 6.45) is 1.47. The van der Waals surface area contributed by atoms with Gasteiger partial charge in [-0.2, -0.15) is 0 Å². The molecule has 2 N–H and O–H groups in total. The summed E-state index contributed by atoms with van der Waals surface area (Å²) in [6, 6.07) is 0. The van der Waals surface area contributed by atoms with Crippen LogP contribution in [0.5, 0.6) is 0 Å². The summed E-state index contributed by atoms with van der Waals surface area (Å²) >= 11 is 0.745. The van der Waals surface area contributed by atoms with Gasteiger partial charge in [0, 0.05) is 6.54 Å². The first-order chi connectivity index (χ1) is 4.12. The average Bonchev–Trinajstić information content (AvgIpc) is 1.84. The van der Waals surface area contributed by atoms with E-state index in [0.717, 1.165) is 11.4 Å². The molecule has 0 saturated carbocycles. The third-order valence-electron chi connectivity index (χ3n) is 0.658. The van der Waals surface area contributed by atoms with E-state index in [1.807, 2.05) is 0 Å². The molecule has 0 aliphatic rings. The van der Waals surface area contributed by atoms with E-state index in [2.05, 4.69) is 5.09 Å². The molecule has 10 heavy (non-hydrogen) atoms. The standard InChI is InChI=1S/C3H10NO3PS.Na/c1-9-8(6,7)4-2-3-5;/h5H,2-3H2,1H3,(H2,4,6,7);/q;+1/p-1. The third kappa shape index (κ3) is 7.57. The maximum Gasteiger partial charge on any atom is 1.00 e. The molecular formula is C3H9NNaO3PS. The van der Waals surface area contributed by atoms with E-state index in [1.54, 1.807) is 0 Å². The molecular weight excluding hydrogens is 184 g/mol. The Balaban J connectivity index is 0. The van der Waals surface area contributed by atoms with Crippen LogP contribution < -0.4 is 39.5 Å². The zero-order valence-electron chi connectivity index (χ0n) is 6.03. The van der Waals surface area contributed by atoms with Crippen LogP contribution in [0.4, 0.5) is 0 Å². The molecule has 0 aliphatic carbocycles. The van der Waals surface area contributed by atoms with E-state index in [-0.39, 0.29) is 42.7 Å². The molecule has 0 rings (SSSR count).